The van der Waals surface area contributed by atoms with Gasteiger partial charge in [-0.15, -0.1) is 0 Å². The SMILES string of the molecule is CC(CCN)C1C(C)CCC1CN. The van der Waals surface area contributed by atoms with Gasteiger partial charge in [0.15, 0.2) is 0 Å². The highest BCUT2D eigenvalue weighted by Crippen LogP contribution is 2.41. The van der Waals surface area contributed by atoms with Crippen LogP contribution in [0.5, 0.6) is 0 Å². The van der Waals surface area contributed by atoms with Gasteiger partial charge in [0.1, 0.15) is 0 Å². The monoisotopic (exact) mass is 184 g/mol. The summed E-state index contributed by atoms with van der Waals surface area (Å²) in [6.07, 6.45) is 3.85. The molecule has 0 spiro atoms. The molecule has 4 unspecified atom stereocenters. The molecule has 13 heavy (non-hydrogen) atoms. The van der Waals surface area contributed by atoms with E-state index < -0.39 is 0 Å². The van der Waals surface area contributed by atoms with E-state index in [0.29, 0.717) is 0 Å². The topological polar surface area (TPSA) is 52.0 Å². The maximum atomic E-state index is 5.79. The minimum Gasteiger partial charge on any atom is -0.330 e. The number of nitrogens with two attached hydrogens (primary N) is 2. The van der Waals surface area contributed by atoms with Crippen molar-refractivity contribution in [2.24, 2.45) is 35.1 Å². The molecule has 1 saturated carbocycles. The van der Waals surface area contributed by atoms with Crippen molar-refractivity contribution < 1.29 is 0 Å². The van der Waals surface area contributed by atoms with Crippen LogP contribution >= 0.6 is 0 Å². The zero-order valence-corrected chi connectivity index (χ0v) is 9.00. The van der Waals surface area contributed by atoms with E-state index in [4.69, 9.17) is 11.5 Å². The molecule has 1 aliphatic rings. The molecule has 1 rings (SSSR count). The third-order valence-corrected chi connectivity index (χ3v) is 3.78. The molecule has 0 amide bonds. The molecule has 2 nitrogen and oxygen atoms in total. The van der Waals surface area contributed by atoms with Gasteiger partial charge in [-0.3, -0.25) is 0 Å². The molecule has 0 heterocycles. The lowest BCUT2D eigenvalue weighted by Gasteiger charge is -2.28. The van der Waals surface area contributed by atoms with Crippen LogP contribution in [0.1, 0.15) is 33.1 Å². The third kappa shape index (κ3) is 2.44. The highest BCUT2D eigenvalue weighted by molar-refractivity contribution is 4.86. The van der Waals surface area contributed by atoms with Crippen LogP contribution in [0.3, 0.4) is 0 Å². The Kier molecular flexibility index (Phi) is 4.20. The summed E-state index contributed by atoms with van der Waals surface area (Å²) in [6.45, 7) is 6.39. The molecule has 0 aromatic heterocycles. The molecule has 4 N–H and O–H groups in total. The van der Waals surface area contributed by atoms with E-state index in [1.54, 1.807) is 0 Å². The zero-order chi connectivity index (χ0) is 9.84. The van der Waals surface area contributed by atoms with E-state index in [1.165, 1.54) is 12.8 Å². The molecular formula is C11H24N2. The first-order valence-corrected chi connectivity index (χ1v) is 5.60. The van der Waals surface area contributed by atoms with E-state index in [9.17, 15) is 0 Å². The summed E-state index contributed by atoms with van der Waals surface area (Å²) in [5.41, 5.74) is 11.4. The highest BCUT2D eigenvalue weighted by Gasteiger charge is 2.35. The van der Waals surface area contributed by atoms with E-state index in [-0.39, 0.29) is 0 Å². The highest BCUT2D eigenvalue weighted by atomic mass is 14.6. The van der Waals surface area contributed by atoms with Crippen LogP contribution in [0, 0.1) is 23.7 Å². The summed E-state index contributed by atoms with van der Waals surface area (Å²) in [4.78, 5) is 0. The second-order valence-electron chi connectivity index (χ2n) is 4.68. The molecule has 2 heteroatoms. The molecule has 0 saturated heterocycles. The number of rotatable bonds is 4. The molecule has 1 aliphatic carbocycles. The fourth-order valence-corrected chi connectivity index (χ4v) is 3.08. The molecule has 4 atom stereocenters. The minimum atomic E-state index is 0.760. The average Bonchev–Trinajstić information content (AvgIpc) is 2.47. The second-order valence-corrected chi connectivity index (χ2v) is 4.68. The molecule has 0 aromatic carbocycles. The van der Waals surface area contributed by atoms with Crippen LogP contribution in [-0.4, -0.2) is 13.1 Å². The van der Waals surface area contributed by atoms with Crippen LogP contribution in [0.15, 0.2) is 0 Å². The number of hydrogen-bond acceptors (Lipinski definition) is 2. The Bertz CT molecular complexity index is 147. The van der Waals surface area contributed by atoms with Crippen molar-refractivity contribution in [1.29, 1.82) is 0 Å². The van der Waals surface area contributed by atoms with Crippen molar-refractivity contribution in [3.05, 3.63) is 0 Å². The predicted molar refractivity (Wildman–Crippen MR) is 57.3 cm³/mol. The van der Waals surface area contributed by atoms with Gasteiger partial charge in [0.05, 0.1) is 0 Å². The summed E-state index contributed by atoms with van der Waals surface area (Å²) < 4.78 is 0. The van der Waals surface area contributed by atoms with Gasteiger partial charge in [0.2, 0.25) is 0 Å². The Labute approximate surface area is 82.1 Å². The Morgan fingerprint density at radius 1 is 1.31 bits per heavy atom. The predicted octanol–water partition coefficient (Wildman–Crippen LogP) is 1.59. The maximum Gasteiger partial charge on any atom is -0.00460 e. The van der Waals surface area contributed by atoms with Gasteiger partial charge in [0, 0.05) is 0 Å². The Morgan fingerprint density at radius 3 is 2.54 bits per heavy atom. The quantitative estimate of drug-likeness (QED) is 0.697. The lowest BCUT2D eigenvalue weighted by atomic mass is 9.79. The van der Waals surface area contributed by atoms with Gasteiger partial charge in [0.25, 0.3) is 0 Å². The van der Waals surface area contributed by atoms with Crippen molar-refractivity contribution in [3.63, 3.8) is 0 Å². The van der Waals surface area contributed by atoms with E-state index in [2.05, 4.69) is 13.8 Å². The van der Waals surface area contributed by atoms with Gasteiger partial charge < -0.3 is 11.5 Å². The molecule has 0 aromatic rings. The zero-order valence-electron chi connectivity index (χ0n) is 9.00. The second kappa shape index (κ2) is 4.97. The van der Waals surface area contributed by atoms with Crippen molar-refractivity contribution in [3.8, 4) is 0 Å². The van der Waals surface area contributed by atoms with Gasteiger partial charge in [-0.1, -0.05) is 20.3 Å². The molecule has 78 valence electrons. The first-order valence-electron chi connectivity index (χ1n) is 5.60. The van der Waals surface area contributed by atoms with Gasteiger partial charge in [-0.2, -0.15) is 0 Å². The molecule has 1 fully saturated rings. The minimum absolute atomic E-state index is 0.760. The van der Waals surface area contributed by atoms with Gasteiger partial charge in [-0.05, 0) is 49.6 Å². The van der Waals surface area contributed by atoms with Crippen LogP contribution in [0.4, 0.5) is 0 Å². The summed E-state index contributed by atoms with van der Waals surface area (Å²) in [6, 6.07) is 0. The van der Waals surface area contributed by atoms with Crippen molar-refractivity contribution >= 4 is 0 Å². The van der Waals surface area contributed by atoms with Crippen molar-refractivity contribution in [1.82, 2.24) is 0 Å². The lowest BCUT2D eigenvalue weighted by Crippen LogP contribution is -2.28. The summed E-state index contributed by atoms with van der Waals surface area (Å²) in [5, 5.41) is 0. The van der Waals surface area contributed by atoms with Gasteiger partial charge in [-0.25, -0.2) is 0 Å². The molecule has 0 bridgehead atoms. The Morgan fingerprint density at radius 2 is 2.00 bits per heavy atom. The Hall–Kier alpha value is -0.0800. The van der Waals surface area contributed by atoms with Crippen LogP contribution in [-0.2, 0) is 0 Å². The van der Waals surface area contributed by atoms with Crippen molar-refractivity contribution in [2.45, 2.75) is 33.1 Å². The van der Waals surface area contributed by atoms with E-state index in [1.807, 2.05) is 0 Å². The molecule has 0 aliphatic heterocycles. The third-order valence-electron chi connectivity index (χ3n) is 3.78. The lowest BCUT2D eigenvalue weighted by molar-refractivity contribution is 0.223. The van der Waals surface area contributed by atoms with Crippen LogP contribution in [0.25, 0.3) is 0 Å². The fraction of sp³-hybridized carbons (Fsp3) is 1.00. The summed E-state index contributed by atoms with van der Waals surface area (Å²) in [7, 11) is 0. The fourth-order valence-electron chi connectivity index (χ4n) is 3.08. The molecule has 0 radical (unpaired) electrons. The van der Waals surface area contributed by atoms with Crippen LogP contribution < -0.4 is 11.5 Å². The normalized spacial score (nSPS) is 36.5. The first kappa shape index (κ1) is 11.0. The average molecular weight is 184 g/mol. The maximum absolute atomic E-state index is 5.79. The summed E-state index contributed by atoms with van der Waals surface area (Å²) >= 11 is 0. The van der Waals surface area contributed by atoms with Crippen LogP contribution in [0.2, 0.25) is 0 Å². The first-order chi connectivity index (χ1) is 6.20. The largest absolute Gasteiger partial charge is 0.330 e. The molecular weight excluding hydrogens is 160 g/mol. The van der Waals surface area contributed by atoms with Crippen molar-refractivity contribution in [2.75, 3.05) is 13.1 Å². The van der Waals surface area contributed by atoms with E-state index in [0.717, 1.165) is 43.2 Å². The number of hydrogen-bond donors (Lipinski definition) is 2. The van der Waals surface area contributed by atoms with E-state index >= 15 is 0 Å². The Balaban J connectivity index is 2.52. The smallest absolute Gasteiger partial charge is 0.00460 e. The van der Waals surface area contributed by atoms with Gasteiger partial charge >= 0.3 is 0 Å². The summed E-state index contributed by atoms with van der Waals surface area (Å²) in [5.74, 6) is 3.20. The standard InChI is InChI=1S/C11H24N2/c1-8-3-4-10(7-13)11(8)9(2)5-6-12/h8-11H,3-7,12-13H2,1-2H3.